The molecule has 2 aliphatic rings. The molecule has 0 aromatic carbocycles. The molecule has 2 saturated heterocycles. The number of thioether (sulfide) groups is 1. The molecule has 4 nitrogen and oxygen atoms in total. The minimum absolute atomic E-state index is 0.0562. The van der Waals surface area contributed by atoms with Crippen molar-refractivity contribution in [2.24, 2.45) is 0 Å². The number of likely N-dealkylation sites (N-methyl/N-ethyl adjacent to an activating group) is 1. The molecule has 0 aromatic heterocycles. The molecular formula is C12H23N3OS. The maximum Gasteiger partial charge on any atom is 0.239 e. The Hall–Kier alpha value is -0.260. The van der Waals surface area contributed by atoms with Crippen molar-refractivity contribution in [3.63, 3.8) is 0 Å². The molecule has 0 bridgehead atoms. The van der Waals surface area contributed by atoms with Crippen LogP contribution < -0.4 is 5.32 Å². The van der Waals surface area contributed by atoms with Crippen molar-refractivity contribution in [3.8, 4) is 0 Å². The van der Waals surface area contributed by atoms with Crippen LogP contribution in [0.25, 0.3) is 0 Å². The Morgan fingerprint density at radius 3 is 2.76 bits per heavy atom. The largest absolute Gasteiger partial charge is 0.340 e. The standard InChI is InChI=1S/C12H23N3OS/c1-13-11-3-2-4-15(12(11)16)6-5-14-7-9-17-10-8-14/h11,13H,2-10H2,1H3. The maximum absolute atomic E-state index is 12.1. The van der Waals surface area contributed by atoms with Gasteiger partial charge in [0, 0.05) is 44.2 Å². The Labute approximate surface area is 108 Å². The van der Waals surface area contributed by atoms with Gasteiger partial charge in [0.1, 0.15) is 0 Å². The second kappa shape index (κ2) is 6.61. The zero-order valence-electron chi connectivity index (χ0n) is 10.7. The van der Waals surface area contributed by atoms with Gasteiger partial charge in [-0.3, -0.25) is 9.69 Å². The van der Waals surface area contributed by atoms with Gasteiger partial charge in [-0.1, -0.05) is 0 Å². The summed E-state index contributed by atoms with van der Waals surface area (Å²) >= 11 is 2.03. The number of piperidine rings is 1. The highest BCUT2D eigenvalue weighted by Gasteiger charge is 2.27. The number of likely N-dealkylation sites (tertiary alicyclic amines) is 1. The predicted octanol–water partition coefficient (Wildman–Crippen LogP) is 0.246. The third kappa shape index (κ3) is 3.60. The Balaban J connectivity index is 1.75. The molecule has 17 heavy (non-hydrogen) atoms. The Kier molecular flexibility index (Phi) is 5.13. The molecule has 98 valence electrons. The predicted molar refractivity (Wildman–Crippen MR) is 72.4 cm³/mol. The van der Waals surface area contributed by atoms with Gasteiger partial charge in [0.05, 0.1) is 6.04 Å². The molecular weight excluding hydrogens is 234 g/mol. The summed E-state index contributed by atoms with van der Waals surface area (Å²) in [6.45, 7) is 5.26. The van der Waals surface area contributed by atoms with E-state index in [1.807, 2.05) is 23.7 Å². The molecule has 2 fully saturated rings. The van der Waals surface area contributed by atoms with E-state index in [1.54, 1.807) is 0 Å². The van der Waals surface area contributed by atoms with Crippen LogP contribution in [0.4, 0.5) is 0 Å². The number of rotatable bonds is 4. The first-order chi connectivity index (χ1) is 8.31. The topological polar surface area (TPSA) is 35.6 Å². The van der Waals surface area contributed by atoms with Gasteiger partial charge < -0.3 is 10.2 Å². The smallest absolute Gasteiger partial charge is 0.239 e. The van der Waals surface area contributed by atoms with Crippen LogP contribution in [0.15, 0.2) is 0 Å². The van der Waals surface area contributed by atoms with E-state index in [-0.39, 0.29) is 6.04 Å². The maximum atomic E-state index is 12.1. The molecule has 1 unspecified atom stereocenters. The first-order valence-electron chi connectivity index (χ1n) is 6.57. The van der Waals surface area contributed by atoms with Crippen molar-refractivity contribution in [1.82, 2.24) is 15.1 Å². The van der Waals surface area contributed by atoms with Gasteiger partial charge >= 0.3 is 0 Å². The Bertz CT molecular complexity index is 256. The zero-order valence-corrected chi connectivity index (χ0v) is 11.5. The van der Waals surface area contributed by atoms with Crippen LogP contribution in [0.3, 0.4) is 0 Å². The molecule has 2 rings (SSSR count). The minimum Gasteiger partial charge on any atom is -0.340 e. The van der Waals surface area contributed by atoms with Gasteiger partial charge in [-0.05, 0) is 19.9 Å². The van der Waals surface area contributed by atoms with Gasteiger partial charge in [-0.2, -0.15) is 11.8 Å². The average Bonchev–Trinajstić information content (AvgIpc) is 2.39. The number of hydrogen-bond acceptors (Lipinski definition) is 4. The minimum atomic E-state index is 0.0562. The van der Waals surface area contributed by atoms with Gasteiger partial charge in [-0.25, -0.2) is 0 Å². The number of amides is 1. The highest BCUT2D eigenvalue weighted by Crippen LogP contribution is 2.13. The van der Waals surface area contributed by atoms with Crippen LogP contribution in [0.1, 0.15) is 12.8 Å². The molecule has 1 N–H and O–H groups in total. The number of nitrogens with zero attached hydrogens (tertiary/aromatic N) is 2. The molecule has 2 heterocycles. The Morgan fingerprint density at radius 2 is 2.06 bits per heavy atom. The third-order valence-electron chi connectivity index (χ3n) is 3.67. The van der Waals surface area contributed by atoms with E-state index < -0.39 is 0 Å². The molecule has 0 radical (unpaired) electrons. The summed E-state index contributed by atoms with van der Waals surface area (Å²) in [7, 11) is 1.88. The lowest BCUT2D eigenvalue weighted by Crippen LogP contribution is -2.51. The zero-order chi connectivity index (χ0) is 12.1. The van der Waals surface area contributed by atoms with Crippen molar-refractivity contribution >= 4 is 17.7 Å². The second-order valence-corrected chi connectivity index (χ2v) is 5.99. The molecule has 5 heteroatoms. The molecule has 1 atom stereocenters. The van der Waals surface area contributed by atoms with E-state index in [2.05, 4.69) is 10.2 Å². The van der Waals surface area contributed by atoms with E-state index in [9.17, 15) is 4.79 Å². The first kappa shape index (κ1) is 13.2. The van der Waals surface area contributed by atoms with Gasteiger partial charge in [0.15, 0.2) is 0 Å². The summed E-state index contributed by atoms with van der Waals surface area (Å²) < 4.78 is 0. The van der Waals surface area contributed by atoms with Crippen molar-refractivity contribution in [2.45, 2.75) is 18.9 Å². The lowest BCUT2D eigenvalue weighted by atomic mass is 10.1. The third-order valence-corrected chi connectivity index (χ3v) is 4.61. The van der Waals surface area contributed by atoms with E-state index in [4.69, 9.17) is 0 Å². The summed E-state index contributed by atoms with van der Waals surface area (Å²) in [5, 5.41) is 3.11. The lowest BCUT2D eigenvalue weighted by molar-refractivity contribution is -0.136. The van der Waals surface area contributed by atoms with E-state index in [1.165, 1.54) is 24.6 Å². The van der Waals surface area contributed by atoms with Crippen LogP contribution in [0.2, 0.25) is 0 Å². The van der Waals surface area contributed by atoms with Crippen molar-refractivity contribution < 1.29 is 4.79 Å². The molecule has 0 spiro atoms. The summed E-state index contributed by atoms with van der Waals surface area (Å²) in [6, 6.07) is 0.0562. The Morgan fingerprint density at radius 1 is 1.29 bits per heavy atom. The average molecular weight is 257 g/mol. The van der Waals surface area contributed by atoms with Crippen molar-refractivity contribution in [2.75, 3.05) is 51.3 Å². The highest BCUT2D eigenvalue weighted by atomic mass is 32.2. The van der Waals surface area contributed by atoms with Gasteiger partial charge in [0.2, 0.25) is 5.91 Å². The quantitative estimate of drug-likeness (QED) is 0.783. The monoisotopic (exact) mass is 257 g/mol. The number of carbonyl (C=O) groups is 1. The fourth-order valence-corrected chi connectivity index (χ4v) is 3.50. The fourth-order valence-electron chi connectivity index (χ4n) is 2.52. The van der Waals surface area contributed by atoms with Crippen molar-refractivity contribution in [3.05, 3.63) is 0 Å². The van der Waals surface area contributed by atoms with E-state index >= 15 is 0 Å². The summed E-state index contributed by atoms with van der Waals surface area (Å²) in [6.07, 6.45) is 2.12. The normalized spacial score (nSPS) is 27.5. The molecule has 2 aliphatic heterocycles. The summed E-state index contributed by atoms with van der Waals surface area (Å²) in [4.78, 5) is 16.6. The van der Waals surface area contributed by atoms with E-state index in [0.717, 1.165) is 32.5 Å². The molecule has 0 aromatic rings. The number of hydrogen-bond donors (Lipinski definition) is 1. The summed E-state index contributed by atoms with van der Waals surface area (Å²) in [5.41, 5.74) is 0. The second-order valence-electron chi connectivity index (χ2n) is 4.76. The molecule has 1 amide bonds. The summed E-state index contributed by atoms with van der Waals surface area (Å²) in [5.74, 6) is 2.78. The van der Waals surface area contributed by atoms with Gasteiger partial charge in [-0.15, -0.1) is 0 Å². The molecule has 0 saturated carbocycles. The SMILES string of the molecule is CNC1CCCN(CCN2CCSCC2)C1=O. The van der Waals surface area contributed by atoms with Crippen LogP contribution in [0, 0.1) is 0 Å². The van der Waals surface area contributed by atoms with Crippen LogP contribution >= 0.6 is 11.8 Å². The highest BCUT2D eigenvalue weighted by molar-refractivity contribution is 7.99. The number of nitrogens with one attached hydrogen (secondary N) is 1. The first-order valence-corrected chi connectivity index (χ1v) is 7.73. The van der Waals surface area contributed by atoms with Gasteiger partial charge in [0.25, 0.3) is 0 Å². The lowest BCUT2D eigenvalue weighted by Gasteiger charge is -2.34. The molecule has 0 aliphatic carbocycles. The van der Waals surface area contributed by atoms with E-state index in [0.29, 0.717) is 5.91 Å². The fraction of sp³-hybridized carbons (Fsp3) is 0.917. The van der Waals surface area contributed by atoms with Crippen LogP contribution in [-0.4, -0.2) is 73.0 Å². The number of carbonyl (C=O) groups excluding carboxylic acids is 1. The van der Waals surface area contributed by atoms with Crippen LogP contribution in [-0.2, 0) is 4.79 Å². The van der Waals surface area contributed by atoms with Crippen molar-refractivity contribution in [1.29, 1.82) is 0 Å². The van der Waals surface area contributed by atoms with Crippen LogP contribution in [0.5, 0.6) is 0 Å².